The SMILES string of the molecule is CO/C(=N\C(=O)Nc1ccc(Oc2ccc([N+](=O)[O-])cc2)c(Cl)c1)c1c(F)cccc1F. The maximum absolute atomic E-state index is 13.9. The highest BCUT2D eigenvalue weighted by molar-refractivity contribution is 6.32. The number of nitro groups is 1. The van der Waals surface area contributed by atoms with Gasteiger partial charge in [-0.05, 0) is 42.5 Å². The molecule has 0 bridgehead atoms. The van der Waals surface area contributed by atoms with Crippen molar-refractivity contribution < 1.29 is 28.0 Å². The molecule has 0 unspecified atom stereocenters. The van der Waals surface area contributed by atoms with Crippen LogP contribution in [0.1, 0.15) is 5.56 Å². The van der Waals surface area contributed by atoms with Gasteiger partial charge in [-0.1, -0.05) is 17.7 Å². The molecule has 0 aromatic heterocycles. The summed E-state index contributed by atoms with van der Waals surface area (Å²) in [6.07, 6.45) is 0. The second-order valence-electron chi connectivity index (χ2n) is 6.15. The van der Waals surface area contributed by atoms with Gasteiger partial charge in [-0.3, -0.25) is 10.1 Å². The molecule has 0 saturated carbocycles. The van der Waals surface area contributed by atoms with Gasteiger partial charge in [-0.15, -0.1) is 0 Å². The highest BCUT2D eigenvalue weighted by Crippen LogP contribution is 2.32. The van der Waals surface area contributed by atoms with Gasteiger partial charge in [0.2, 0.25) is 5.90 Å². The van der Waals surface area contributed by atoms with Crippen LogP contribution in [0, 0.1) is 21.7 Å². The molecule has 0 saturated heterocycles. The monoisotopic (exact) mass is 461 g/mol. The van der Waals surface area contributed by atoms with E-state index < -0.39 is 34.1 Å². The number of non-ortho nitro benzene ring substituents is 1. The molecule has 0 atom stereocenters. The van der Waals surface area contributed by atoms with Crippen molar-refractivity contribution in [3.05, 3.63) is 93.0 Å². The highest BCUT2D eigenvalue weighted by Gasteiger charge is 2.17. The Labute approximate surface area is 185 Å². The first-order valence-electron chi connectivity index (χ1n) is 8.88. The van der Waals surface area contributed by atoms with E-state index in [0.717, 1.165) is 19.2 Å². The second kappa shape index (κ2) is 9.84. The number of ether oxygens (including phenoxy) is 2. The van der Waals surface area contributed by atoms with Crippen molar-refractivity contribution in [1.29, 1.82) is 0 Å². The highest BCUT2D eigenvalue weighted by atomic mass is 35.5. The van der Waals surface area contributed by atoms with Crippen molar-refractivity contribution in [3.63, 3.8) is 0 Å². The fourth-order valence-corrected chi connectivity index (χ4v) is 2.79. The summed E-state index contributed by atoms with van der Waals surface area (Å²) in [4.78, 5) is 25.9. The molecular formula is C21H14ClF2N3O5. The van der Waals surface area contributed by atoms with Crippen molar-refractivity contribution in [1.82, 2.24) is 0 Å². The number of anilines is 1. The third-order valence-electron chi connectivity index (χ3n) is 4.03. The third-order valence-corrected chi connectivity index (χ3v) is 4.33. The van der Waals surface area contributed by atoms with Crippen LogP contribution in [0.4, 0.5) is 25.0 Å². The first-order valence-corrected chi connectivity index (χ1v) is 9.26. The van der Waals surface area contributed by atoms with Crippen molar-refractivity contribution in [2.45, 2.75) is 0 Å². The topological polar surface area (TPSA) is 103 Å². The van der Waals surface area contributed by atoms with Crippen molar-refractivity contribution >= 4 is 34.9 Å². The van der Waals surface area contributed by atoms with Crippen LogP contribution < -0.4 is 10.1 Å². The number of hydrogen-bond acceptors (Lipinski definition) is 5. The molecule has 0 aliphatic rings. The van der Waals surface area contributed by atoms with E-state index in [1.54, 1.807) is 0 Å². The molecule has 11 heteroatoms. The number of urea groups is 1. The smallest absolute Gasteiger partial charge is 0.348 e. The van der Waals surface area contributed by atoms with Crippen molar-refractivity contribution in [3.8, 4) is 11.5 Å². The van der Waals surface area contributed by atoms with Gasteiger partial charge >= 0.3 is 6.03 Å². The van der Waals surface area contributed by atoms with Crippen LogP contribution in [-0.4, -0.2) is 24.0 Å². The Morgan fingerprint density at radius 3 is 2.31 bits per heavy atom. The Kier molecular flexibility index (Phi) is 6.96. The molecule has 1 N–H and O–H groups in total. The van der Waals surface area contributed by atoms with E-state index in [-0.39, 0.29) is 22.1 Å². The van der Waals surface area contributed by atoms with Crippen LogP contribution >= 0.6 is 11.6 Å². The predicted octanol–water partition coefficient (Wildman–Crippen LogP) is 5.94. The summed E-state index contributed by atoms with van der Waals surface area (Å²) in [5.41, 5.74) is -0.438. The molecule has 0 aliphatic carbocycles. The zero-order valence-electron chi connectivity index (χ0n) is 16.3. The maximum Gasteiger partial charge on any atom is 0.348 e. The summed E-state index contributed by atoms with van der Waals surface area (Å²) in [6, 6.07) is 11.9. The van der Waals surface area contributed by atoms with Gasteiger partial charge in [0, 0.05) is 17.8 Å². The Balaban J connectivity index is 1.74. The Bertz CT molecular complexity index is 1180. The van der Waals surface area contributed by atoms with Crippen LogP contribution in [0.5, 0.6) is 11.5 Å². The van der Waals surface area contributed by atoms with Crippen LogP contribution in [0.3, 0.4) is 0 Å². The zero-order chi connectivity index (χ0) is 23.3. The number of amides is 2. The molecule has 0 spiro atoms. The van der Waals surface area contributed by atoms with Crippen LogP contribution in [0.15, 0.2) is 65.7 Å². The average Bonchev–Trinajstić information content (AvgIpc) is 2.75. The van der Waals surface area contributed by atoms with Crippen molar-refractivity contribution in [2.24, 2.45) is 4.99 Å². The minimum absolute atomic E-state index is 0.0900. The van der Waals surface area contributed by atoms with Gasteiger partial charge in [-0.25, -0.2) is 13.6 Å². The summed E-state index contributed by atoms with van der Waals surface area (Å²) in [5.74, 6) is -1.87. The Morgan fingerprint density at radius 1 is 1.09 bits per heavy atom. The lowest BCUT2D eigenvalue weighted by Gasteiger charge is -2.10. The third kappa shape index (κ3) is 5.35. The number of aliphatic imine (C=N–C) groups is 1. The number of hydrogen-bond donors (Lipinski definition) is 1. The summed E-state index contributed by atoms with van der Waals surface area (Å²) in [5, 5.41) is 13.2. The quantitative estimate of drug-likeness (QED) is 0.219. The number of rotatable bonds is 5. The first kappa shape index (κ1) is 22.6. The van der Waals surface area contributed by atoms with Gasteiger partial charge in [0.25, 0.3) is 5.69 Å². The number of halogens is 3. The van der Waals surface area contributed by atoms with Gasteiger partial charge in [-0.2, -0.15) is 4.99 Å². The zero-order valence-corrected chi connectivity index (χ0v) is 17.1. The number of nitro benzene ring substituents is 1. The van der Waals surface area contributed by atoms with Crippen molar-refractivity contribution in [2.75, 3.05) is 12.4 Å². The normalized spacial score (nSPS) is 11.1. The van der Waals surface area contributed by atoms with Gasteiger partial charge in [0.1, 0.15) is 28.7 Å². The predicted molar refractivity (Wildman–Crippen MR) is 114 cm³/mol. The first-order chi connectivity index (χ1) is 15.3. The molecule has 8 nitrogen and oxygen atoms in total. The number of carbonyl (C=O) groups is 1. The van der Waals surface area contributed by atoms with E-state index in [1.807, 2.05) is 0 Å². The lowest BCUT2D eigenvalue weighted by molar-refractivity contribution is -0.384. The molecule has 3 aromatic carbocycles. The van der Waals surface area contributed by atoms with Crippen LogP contribution in [0.2, 0.25) is 5.02 Å². The number of nitrogens with one attached hydrogen (secondary N) is 1. The number of benzene rings is 3. The van der Waals surface area contributed by atoms with Crippen LogP contribution in [0.25, 0.3) is 0 Å². The molecule has 32 heavy (non-hydrogen) atoms. The van der Waals surface area contributed by atoms with E-state index in [1.165, 1.54) is 48.5 Å². The molecule has 0 fully saturated rings. The Morgan fingerprint density at radius 2 is 1.75 bits per heavy atom. The van der Waals surface area contributed by atoms with E-state index in [4.69, 9.17) is 21.1 Å². The summed E-state index contributed by atoms with van der Waals surface area (Å²) >= 11 is 6.17. The summed E-state index contributed by atoms with van der Waals surface area (Å²) < 4.78 is 38.2. The Hall–Kier alpha value is -4.05. The molecule has 2 amide bonds. The van der Waals surface area contributed by atoms with E-state index in [9.17, 15) is 23.7 Å². The standard InChI is InChI=1S/C21H14ClF2N3O5/c1-31-20(19-16(23)3-2-4-17(19)24)26-21(28)25-12-5-10-18(15(22)11-12)32-14-8-6-13(7-9-14)27(29)30/h2-11H,1H3,(H,25,28)/b26-20-. The van der Waals surface area contributed by atoms with Gasteiger partial charge in [0.15, 0.2) is 0 Å². The largest absolute Gasteiger partial charge is 0.480 e. The van der Waals surface area contributed by atoms with Gasteiger partial charge < -0.3 is 14.8 Å². The fourth-order valence-electron chi connectivity index (χ4n) is 2.57. The second-order valence-corrected chi connectivity index (χ2v) is 6.55. The van der Waals surface area contributed by atoms with E-state index >= 15 is 0 Å². The molecule has 164 valence electrons. The molecule has 0 radical (unpaired) electrons. The number of nitrogens with zero attached hydrogens (tertiary/aromatic N) is 2. The number of carbonyl (C=O) groups excluding carboxylic acids is 1. The number of methoxy groups -OCH3 is 1. The molecule has 3 aromatic rings. The summed E-state index contributed by atoms with van der Waals surface area (Å²) in [6.45, 7) is 0. The molecular weight excluding hydrogens is 448 g/mol. The van der Waals surface area contributed by atoms with Crippen LogP contribution in [-0.2, 0) is 4.74 Å². The minimum Gasteiger partial charge on any atom is -0.480 e. The molecule has 0 aliphatic heterocycles. The average molecular weight is 462 g/mol. The molecule has 3 rings (SSSR count). The minimum atomic E-state index is -0.954. The molecule has 0 heterocycles. The van der Waals surface area contributed by atoms with E-state index in [0.29, 0.717) is 5.75 Å². The lowest BCUT2D eigenvalue weighted by Crippen LogP contribution is -2.15. The maximum atomic E-state index is 13.9. The fraction of sp³-hybridized carbons (Fsp3) is 0.0476. The van der Waals surface area contributed by atoms with E-state index in [2.05, 4.69) is 10.3 Å². The van der Waals surface area contributed by atoms with Gasteiger partial charge in [0.05, 0.1) is 17.1 Å². The lowest BCUT2D eigenvalue weighted by atomic mass is 10.2. The summed E-state index contributed by atoms with van der Waals surface area (Å²) in [7, 11) is 1.12.